The van der Waals surface area contributed by atoms with Crippen LogP contribution in [-0.2, 0) is 10.0 Å². The molecule has 0 unspecified atom stereocenters. The molecule has 3 aromatic rings. The molecule has 1 atom stereocenters. The molecule has 1 saturated heterocycles. The zero-order valence-electron chi connectivity index (χ0n) is 19.4. The summed E-state index contributed by atoms with van der Waals surface area (Å²) in [5.41, 5.74) is 1.79. The van der Waals surface area contributed by atoms with Gasteiger partial charge in [-0.1, -0.05) is 19.1 Å². The van der Waals surface area contributed by atoms with E-state index in [1.807, 2.05) is 25.1 Å². The molecule has 2 aromatic heterocycles. The summed E-state index contributed by atoms with van der Waals surface area (Å²) in [6, 6.07) is 10.3. The fourth-order valence-corrected chi connectivity index (χ4v) is 5.65. The van der Waals surface area contributed by atoms with Crippen LogP contribution in [0.3, 0.4) is 0 Å². The Kier molecular flexibility index (Phi) is 5.78. The summed E-state index contributed by atoms with van der Waals surface area (Å²) >= 11 is 0. The number of aromatic nitrogens is 2. The van der Waals surface area contributed by atoms with Crippen LogP contribution in [0, 0.1) is 12.8 Å². The van der Waals surface area contributed by atoms with E-state index in [1.165, 1.54) is 25.4 Å². The van der Waals surface area contributed by atoms with Gasteiger partial charge in [-0.3, -0.25) is 4.79 Å². The summed E-state index contributed by atoms with van der Waals surface area (Å²) in [5.74, 6) is 0.0588. The zero-order valence-corrected chi connectivity index (χ0v) is 20.2. The SMILES string of the molecule is COc1ncccc1S(=O)(=O)NC(=O)c1cc2ccc(C)cc2nc1N1C[C@@H](C)CC1(C)C. The topological polar surface area (TPSA) is 101 Å². The number of fused-ring (bicyclic) bond motifs is 1. The summed E-state index contributed by atoms with van der Waals surface area (Å²) in [7, 11) is -2.90. The minimum atomic E-state index is -4.22. The smallest absolute Gasteiger partial charge is 0.269 e. The lowest BCUT2D eigenvalue weighted by Gasteiger charge is -2.34. The molecular formula is C24H28N4O4S. The molecule has 1 N–H and O–H groups in total. The maximum absolute atomic E-state index is 13.4. The Morgan fingerprint density at radius 1 is 1.24 bits per heavy atom. The molecule has 1 aliphatic heterocycles. The third kappa shape index (κ3) is 4.37. The van der Waals surface area contributed by atoms with Crippen molar-refractivity contribution >= 4 is 32.7 Å². The molecule has 0 aliphatic carbocycles. The van der Waals surface area contributed by atoms with Gasteiger partial charge >= 0.3 is 0 Å². The number of rotatable bonds is 5. The molecule has 1 aromatic carbocycles. The highest BCUT2D eigenvalue weighted by atomic mass is 32.2. The predicted molar refractivity (Wildman–Crippen MR) is 127 cm³/mol. The molecule has 8 nitrogen and oxygen atoms in total. The Hall–Kier alpha value is -3.20. The van der Waals surface area contributed by atoms with E-state index in [0.29, 0.717) is 11.7 Å². The number of carbonyl (C=O) groups is 1. The van der Waals surface area contributed by atoms with Crippen molar-refractivity contribution in [2.75, 3.05) is 18.6 Å². The number of anilines is 1. The van der Waals surface area contributed by atoms with Crippen LogP contribution in [0.2, 0.25) is 0 Å². The highest BCUT2D eigenvalue weighted by Gasteiger charge is 2.39. The molecule has 0 spiro atoms. The lowest BCUT2D eigenvalue weighted by molar-refractivity contribution is 0.0981. The van der Waals surface area contributed by atoms with Crippen molar-refractivity contribution in [1.29, 1.82) is 0 Å². The minimum Gasteiger partial charge on any atom is -0.480 e. The van der Waals surface area contributed by atoms with Gasteiger partial charge in [-0.15, -0.1) is 0 Å². The lowest BCUT2D eigenvalue weighted by Crippen LogP contribution is -2.41. The number of methoxy groups -OCH3 is 1. The van der Waals surface area contributed by atoms with Gasteiger partial charge in [0.15, 0.2) is 0 Å². The first kappa shape index (κ1) is 23.0. The van der Waals surface area contributed by atoms with Gasteiger partial charge in [0.1, 0.15) is 10.7 Å². The first-order valence-electron chi connectivity index (χ1n) is 10.8. The first-order valence-corrected chi connectivity index (χ1v) is 12.3. The van der Waals surface area contributed by atoms with Gasteiger partial charge in [0.25, 0.3) is 15.9 Å². The molecule has 0 saturated carbocycles. The summed E-state index contributed by atoms with van der Waals surface area (Å²) in [5, 5.41) is 0.760. The van der Waals surface area contributed by atoms with Gasteiger partial charge in [-0.25, -0.2) is 23.1 Å². The predicted octanol–water partition coefficient (Wildman–Crippen LogP) is 3.69. The highest BCUT2D eigenvalue weighted by molar-refractivity contribution is 7.90. The van der Waals surface area contributed by atoms with Gasteiger partial charge in [0, 0.05) is 23.7 Å². The molecule has 3 heterocycles. The second kappa shape index (κ2) is 8.30. The number of ether oxygens (including phenoxy) is 1. The maximum Gasteiger partial charge on any atom is 0.269 e. The van der Waals surface area contributed by atoms with Gasteiger partial charge in [-0.05, 0) is 62.9 Å². The van der Waals surface area contributed by atoms with E-state index in [-0.39, 0.29) is 21.9 Å². The second-order valence-corrected chi connectivity index (χ2v) is 10.9. The van der Waals surface area contributed by atoms with Crippen molar-refractivity contribution in [2.45, 2.75) is 44.6 Å². The molecule has 4 rings (SSSR count). The molecule has 0 radical (unpaired) electrons. The Bertz CT molecular complexity index is 1340. The molecule has 9 heteroatoms. The number of amides is 1. The molecule has 0 bridgehead atoms. The first-order chi connectivity index (χ1) is 15.5. The van der Waals surface area contributed by atoms with Crippen molar-refractivity contribution in [3.63, 3.8) is 0 Å². The Balaban J connectivity index is 1.82. The lowest BCUT2D eigenvalue weighted by atomic mass is 9.97. The average molecular weight is 469 g/mol. The molecule has 1 amide bonds. The number of pyridine rings is 2. The second-order valence-electron chi connectivity index (χ2n) is 9.23. The molecular weight excluding hydrogens is 440 g/mol. The summed E-state index contributed by atoms with van der Waals surface area (Å²) < 4.78 is 33.3. The van der Waals surface area contributed by atoms with Crippen molar-refractivity contribution in [1.82, 2.24) is 14.7 Å². The Labute approximate surface area is 194 Å². The monoisotopic (exact) mass is 468 g/mol. The number of nitrogens with zero attached hydrogens (tertiary/aromatic N) is 3. The quantitative estimate of drug-likeness (QED) is 0.609. The molecule has 1 aliphatic rings. The number of carbonyl (C=O) groups excluding carboxylic acids is 1. The van der Waals surface area contributed by atoms with Gasteiger partial charge in [0.05, 0.1) is 18.2 Å². The number of sulfonamides is 1. The Morgan fingerprint density at radius 2 is 2.00 bits per heavy atom. The number of hydrogen-bond donors (Lipinski definition) is 1. The van der Waals surface area contributed by atoms with E-state index in [4.69, 9.17) is 9.72 Å². The van der Waals surface area contributed by atoms with Gasteiger partial charge in [-0.2, -0.15) is 0 Å². The number of hydrogen-bond acceptors (Lipinski definition) is 7. The standard InChI is InChI=1S/C24H28N4O4S/c1-15-8-9-17-12-18(21(26-19(17)11-15)28-14-16(2)13-24(28,3)4)22(29)27-33(30,31)20-7-6-10-25-23(20)32-5/h6-12,16H,13-14H2,1-5H3,(H,27,29)/t16-/m0/s1. The van der Waals surface area contributed by atoms with Crippen LogP contribution in [0.1, 0.15) is 43.1 Å². The third-order valence-electron chi connectivity index (χ3n) is 5.97. The van der Waals surface area contributed by atoms with Crippen LogP contribution >= 0.6 is 0 Å². The fraction of sp³-hybridized carbons (Fsp3) is 0.375. The zero-order chi connectivity index (χ0) is 24.0. The Morgan fingerprint density at radius 3 is 2.67 bits per heavy atom. The molecule has 174 valence electrons. The van der Waals surface area contributed by atoms with Crippen LogP contribution in [0.25, 0.3) is 10.9 Å². The molecule has 1 fully saturated rings. The third-order valence-corrected chi connectivity index (χ3v) is 7.32. The highest BCUT2D eigenvalue weighted by Crippen LogP contribution is 2.38. The van der Waals surface area contributed by atoms with E-state index in [0.717, 1.165) is 29.4 Å². The number of aryl methyl sites for hydroxylation is 1. The fourth-order valence-electron chi connectivity index (χ4n) is 4.57. The average Bonchev–Trinajstić information content (AvgIpc) is 3.04. The number of nitrogens with one attached hydrogen (secondary N) is 1. The van der Waals surface area contributed by atoms with Crippen molar-refractivity contribution in [2.24, 2.45) is 5.92 Å². The van der Waals surface area contributed by atoms with Crippen molar-refractivity contribution in [3.05, 3.63) is 53.7 Å². The van der Waals surface area contributed by atoms with Crippen molar-refractivity contribution in [3.8, 4) is 5.88 Å². The van der Waals surface area contributed by atoms with E-state index >= 15 is 0 Å². The summed E-state index contributed by atoms with van der Waals surface area (Å²) in [6.45, 7) is 9.08. The normalized spacial score (nSPS) is 17.8. The van der Waals surface area contributed by atoms with Crippen LogP contribution in [0.5, 0.6) is 5.88 Å². The van der Waals surface area contributed by atoms with Crippen LogP contribution in [0.15, 0.2) is 47.5 Å². The van der Waals surface area contributed by atoms with Crippen LogP contribution < -0.4 is 14.4 Å². The molecule has 33 heavy (non-hydrogen) atoms. The number of benzene rings is 1. The minimum absolute atomic E-state index is 0.0837. The maximum atomic E-state index is 13.4. The van der Waals surface area contributed by atoms with E-state index in [1.54, 1.807) is 6.07 Å². The van der Waals surface area contributed by atoms with Gasteiger partial charge < -0.3 is 9.64 Å². The summed E-state index contributed by atoms with van der Waals surface area (Å²) in [6.07, 6.45) is 2.36. The van der Waals surface area contributed by atoms with E-state index in [2.05, 4.69) is 35.4 Å². The van der Waals surface area contributed by atoms with E-state index < -0.39 is 15.9 Å². The van der Waals surface area contributed by atoms with Gasteiger partial charge in [0.2, 0.25) is 5.88 Å². The summed E-state index contributed by atoms with van der Waals surface area (Å²) in [4.78, 5) is 24.1. The largest absolute Gasteiger partial charge is 0.480 e. The van der Waals surface area contributed by atoms with Crippen molar-refractivity contribution < 1.29 is 17.9 Å². The van der Waals surface area contributed by atoms with E-state index in [9.17, 15) is 13.2 Å². The van der Waals surface area contributed by atoms with Crippen LogP contribution in [0.4, 0.5) is 5.82 Å². The van der Waals surface area contributed by atoms with Crippen LogP contribution in [-0.4, -0.2) is 43.5 Å².